The van der Waals surface area contributed by atoms with Crippen LogP contribution in [-0.4, -0.2) is 24.0 Å². The minimum absolute atomic E-state index is 0.309. The number of rotatable bonds is 6. The van der Waals surface area contributed by atoms with E-state index in [-0.39, 0.29) is 5.75 Å². The van der Waals surface area contributed by atoms with Gasteiger partial charge in [-0.25, -0.2) is 4.39 Å². The van der Waals surface area contributed by atoms with Crippen molar-refractivity contribution < 1.29 is 23.6 Å². The lowest BCUT2D eigenvalue weighted by Crippen LogP contribution is -2.30. The lowest BCUT2D eigenvalue weighted by Gasteiger charge is -2.16. The monoisotopic (exact) mass is 368 g/mol. The molecule has 2 aromatic carbocycles. The molecule has 2 aromatic rings. The van der Waals surface area contributed by atoms with Crippen molar-refractivity contribution in [2.24, 2.45) is 0 Å². The predicted octanol–water partition coefficient (Wildman–Crippen LogP) is 3.80. The quantitative estimate of drug-likeness (QED) is 0.618. The van der Waals surface area contributed by atoms with Crippen LogP contribution in [0.1, 0.15) is 6.92 Å². The average molecular weight is 369 g/mol. The Morgan fingerprint density at radius 3 is 2.64 bits per heavy atom. The highest BCUT2D eigenvalue weighted by Crippen LogP contribution is 2.30. The Kier molecular flexibility index (Phi) is 5.76. The van der Waals surface area contributed by atoms with Crippen molar-refractivity contribution in [3.8, 4) is 11.5 Å². The number of anilines is 1. The molecule has 1 amide bonds. The number of nitro benzene ring substituents is 1. The standard InChI is InChI=1S/C16H14ClFN2O5/c1-9(25-15-8-11(18)4-5-13(15)20(22)23)16(21)19-12-7-10(17)3-6-14(12)24-2/h3-9H,1-2H3,(H,19,21)/t9-/m0/s1. The van der Waals surface area contributed by atoms with Crippen molar-refractivity contribution in [2.45, 2.75) is 13.0 Å². The van der Waals surface area contributed by atoms with Crippen molar-refractivity contribution in [1.29, 1.82) is 0 Å². The van der Waals surface area contributed by atoms with Gasteiger partial charge >= 0.3 is 5.69 Å². The Morgan fingerprint density at radius 2 is 2.00 bits per heavy atom. The molecular weight excluding hydrogens is 355 g/mol. The molecule has 0 aliphatic carbocycles. The van der Waals surface area contributed by atoms with Crippen LogP contribution in [-0.2, 0) is 4.79 Å². The summed E-state index contributed by atoms with van der Waals surface area (Å²) in [5, 5.41) is 13.9. The number of nitrogens with one attached hydrogen (secondary N) is 1. The molecule has 0 unspecified atom stereocenters. The second-order valence-corrected chi connectivity index (χ2v) is 5.40. The van der Waals surface area contributed by atoms with Gasteiger partial charge in [-0.15, -0.1) is 0 Å². The highest BCUT2D eigenvalue weighted by Gasteiger charge is 2.22. The van der Waals surface area contributed by atoms with Crippen LogP contribution in [0.5, 0.6) is 11.5 Å². The third-order valence-electron chi connectivity index (χ3n) is 3.21. The molecule has 2 rings (SSSR count). The molecule has 0 aromatic heterocycles. The van der Waals surface area contributed by atoms with Gasteiger partial charge in [-0.05, 0) is 31.2 Å². The Labute approximate surface area is 147 Å². The molecule has 0 heterocycles. The fraction of sp³-hybridized carbons (Fsp3) is 0.188. The van der Waals surface area contributed by atoms with E-state index in [4.69, 9.17) is 21.1 Å². The lowest BCUT2D eigenvalue weighted by atomic mass is 10.2. The molecule has 9 heteroatoms. The molecule has 0 aliphatic rings. The summed E-state index contributed by atoms with van der Waals surface area (Å²) in [6.07, 6.45) is -1.14. The van der Waals surface area contributed by atoms with Crippen LogP contribution in [0.3, 0.4) is 0 Å². The van der Waals surface area contributed by atoms with Crippen molar-refractivity contribution >= 4 is 28.9 Å². The molecule has 1 N–H and O–H groups in total. The molecule has 0 aliphatic heterocycles. The van der Waals surface area contributed by atoms with E-state index in [1.807, 2.05) is 0 Å². The van der Waals surface area contributed by atoms with Gasteiger partial charge in [0.2, 0.25) is 5.75 Å². The number of methoxy groups -OCH3 is 1. The third kappa shape index (κ3) is 4.57. The summed E-state index contributed by atoms with van der Waals surface area (Å²) in [7, 11) is 1.43. The third-order valence-corrected chi connectivity index (χ3v) is 3.45. The van der Waals surface area contributed by atoms with Crippen LogP contribution in [0.25, 0.3) is 0 Å². The van der Waals surface area contributed by atoms with Crippen LogP contribution in [0, 0.1) is 15.9 Å². The van der Waals surface area contributed by atoms with Gasteiger partial charge in [0.25, 0.3) is 5.91 Å². The first-order valence-corrected chi connectivity index (χ1v) is 7.44. The first-order valence-electron chi connectivity index (χ1n) is 7.07. The van der Waals surface area contributed by atoms with E-state index in [2.05, 4.69) is 5.32 Å². The first kappa shape index (κ1) is 18.5. The van der Waals surface area contributed by atoms with Crippen LogP contribution < -0.4 is 14.8 Å². The zero-order valence-corrected chi connectivity index (χ0v) is 14.0. The van der Waals surface area contributed by atoms with Gasteiger partial charge in [-0.1, -0.05) is 11.6 Å². The number of amides is 1. The van der Waals surface area contributed by atoms with Crippen molar-refractivity contribution in [3.63, 3.8) is 0 Å². The number of carbonyl (C=O) groups excluding carboxylic acids is 1. The van der Waals surface area contributed by atoms with E-state index in [1.165, 1.54) is 20.1 Å². The number of hydrogen-bond donors (Lipinski definition) is 1. The molecule has 25 heavy (non-hydrogen) atoms. The smallest absolute Gasteiger partial charge is 0.311 e. The summed E-state index contributed by atoms with van der Waals surface area (Å²) >= 11 is 5.88. The Morgan fingerprint density at radius 1 is 1.28 bits per heavy atom. The zero-order valence-electron chi connectivity index (χ0n) is 13.3. The number of benzene rings is 2. The van der Waals surface area contributed by atoms with Crippen LogP contribution >= 0.6 is 11.6 Å². The maximum absolute atomic E-state index is 13.3. The van der Waals surface area contributed by atoms with E-state index in [0.717, 1.165) is 18.2 Å². The minimum atomic E-state index is -1.14. The maximum Gasteiger partial charge on any atom is 0.311 e. The summed E-state index contributed by atoms with van der Waals surface area (Å²) in [5.74, 6) is -1.30. The fourth-order valence-electron chi connectivity index (χ4n) is 1.99. The van der Waals surface area contributed by atoms with Crippen molar-refractivity contribution in [1.82, 2.24) is 0 Å². The fourth-order valence-corrected chi connectivity index (χ4v) is 2.16. The minimum Gasteiger partial charge on any atom is -0.495 e. The predicted molar refractivity (Wildman–Crippen MR) is 89.8 cm³/mol. The number of hydrogen-bond acceptors (Lipinski definition) is 5. The largest absolute Gasteiger partial charge is 0.495 e. The van der Waals surface area contributed by atoms with E-state index in [0.29, 0.717) is 16.5 Å². The summed E-state index contributed by atoms with van der Waals surface area (Å²) in [5.41, 5.74) is -0.134. The Balaban J connectivity index is 2.18. The van der Waals surface area contributed by atoms with Gasteiger partial charge in [-0.3, -0.25) is 14.9 Å². The van der Waals surface area contributed by atoms with E-state index < -0.39 is 28.4 Å². The van der Waals surface area contributed by atoms with Crippen molar-refractivity contribution in [3.05, 3.63) is 57.4 Å². The Bertz CT molecular complexity index is 815. The van der Waals surface area contributed by atoms with Crippen LogP contribution in [0.2, 0.25) is 5.02 Å². The van der Waals surface area contributed by atoms with Gasteiger partial charge in [0.1, 0.15) is 11.6 Å². The highest BCUT2D eigenvalue weighted by atomic mass is 35.5. The van der Waals surface area contributed by atoms with Crippen LogP contribution in [0.4, 0.5) is 15.8 Å². The number of halogens is 2. The average Bonchev–Trinajstić information content (AvgIpc) is 2.54. The molecule has 0 bridgehead atoms. The summed E-state index contributed by atoms with van der Waals surface area (Å²) < 4.78 is 23.7. The van der Waals surface area contributed by atoms with E-state index in [1.54, 1.807) is 12.1 Å². The van der Waals surface area contributed by atoms with Gasteiger partial charge in [0.15, 0.2) is 6.10 Å². The zero-order chi connectivity index (χ0) is 18.6. The molecule has 7 nitrogen and oxygen atoms in total. The molecule has 0 spiro atoms. The summed E-state index contributed by atoms with van der Waals surface area (Å²) in [6, 6.07) is 7.40. The highest BCUT2D eigenvalue weighted by molar-refractivity contribution is 6.31. The molecule has 0 saturated carbocycles. The van der Waals surface area contributed by atoms with Gasteiger partial charge in [0, 0.05) is 17.2 Å². The van der Waals surface area contributed by atoms with Gasteiger partial charge in [0.05, 0.1) is 17.7 Å². The van der Waals surface area contributed by atoms with Crippen LogP contribution in [0.15, 0.2) is 36.4 Å². The normalized spacial score (nSPS) is 11.5. The van der Waals surface area contributed by atoms with Gasteiger partial charge in [-0.2, -0.15) is 0 Å². The second kappa shape index (κ2) is 7.80. The SMILES string of the molecule is COc1ccc(Cl)cc1NC(=O)[C@H](C)Oc1cc(F)ccc1[N+](=O)[O-]. The second-order valence-electron chi connectivity index (χ2n) is 4.96. The summed E-state index contributed by atoms with van der Waals surface area (Å²) in [4.78, 5) is 22.5. The number of ether oxygens (including phenoxy) is 2. The number of nitro groups is 1. The molecule has 0 fully saturated rings. The van der Waals surface area contributed by atoms with E-state index in [9.17, 15) is 19.3 Å². The van der Waals surface area contributed by atoms with Crippen molar-refractivity contribution in [2.75, 3.05) is 12.4 Å². The lowest BCUT2D eigenvalue weighted by molar-refractivity contribution is -0.386. The maximum atomic E-state index is 13.3. The number of nitrogens with zero attached hydrogens (tertiary/aromatic N) is 1. The number of carbonyl (C=O) groups is 1. The molecule has 1 atom stereocenters. The van der Waals surface area contributed by atoms with Gasteiger partial charge < -0.3 is 14.8 Å². The van der Waals surface area contributed by atoms with E-state index >= 15 is 0 Å². The Hall–Kier alpha value is -2.87. The topological polar surface area (TPSA) is 90.7 Å². The first-order chi connectivity index (χ1) is 11.8. The summed E-state index contributed by atoms with van der Waals surface area (Å²) in [6.45, 7) is 1.38. The molecular formula is C16H14ClFN2O5. The molecule has 132 valence electrons. The molecule has 0 saturated heterocycles. The molecule has 0 radical (unpaired) electrons.